The number of anilines is 1. The molecular formula is C21H22N4O3. The number of hydrogen-bond donors (Lipinski definition) is 0. The third-order valence-corrected chi connectivity index (χ3v) is 5.59. The van der Waals surface area contributed by atoms with Gasteiger partial charge in [0.05, 0.1) is 19.4 Å². The summed E-state index contributed by atoms with van der Waals surface area (Å²) in [7, 11) is 1.89. The van der Waals surface area contributed by atoms with Gasteiger partial charge in [-0.05, 0) is 35.4 Å². The minimum absolute atomic E-state index is 0.0157. The number of carbonyl (C=O) groups is 1. The Morgan fingerprint density at radius 1 is 1.21 bits per heavy atom. The fourth-order valence-electron chi connectivity index (χ4n) is 4.14. The van der Waals surface area contributed by atoms with Crippen molar-refractivity contribution < 1.29 is 13.9 Å². The second kappa shape index (κ2) is 6.83. The van der Waals surface area contributed by atoms with Gasteiger partial charge in [0.25, 0.3) is 5.91 Å². The molecule has 2 aliphatic rings. The summed E-state index contributed by atoms with van der Waals surface area (Å²) in [4.78, 5) is 21.6. The van der Waals surface area contributed by atoms with E-state index in [0.717, 1.165) is 37.4 Å². The fraction of sp³-hybridized carbons (Fsp3) is 0.333. The Morgan fingerprint density at radius 2 is 2.07 bits per heavy atom. The third kappa shape index (κ3) is 2.79. The highest BCUT2D eigenvalue weighted by molar-refractivity contribution is 5.93. The number of amides is 1. The number of hydrogen-bond acceptors (Lipinski definition) is 5. The number of aromatic nitrogens is 2. The number of ether oxygens (including phenoxy) is 1. The van der Waals surface area contributed by atoms with Gasteiger partial charge >= 0.3 is 0 Å². The summed E-state index contributed by atoms with van der Waals surface area (Å²) in [6, 6.07) is 9.91. The molecule has 3 aromatic rings. The lowest BCUT2D eigenvalue weighted by Gasteiger charge is -2.29. The van der Waals surface area contributed by atoms with Crippen LogP contribution in [0.15, 0.2) is 53.5 Å². The Labute approximate surface area is 163 Å². The molecule has 28 heavy (non-hydrogen) atoms. The largest absolute Gasteiger partial charge is 0.446 e. The number of fused-ring (bicyclic) bond motifs is 1. The first-order chi connectivity index (χ1) is 13.7. The highest BCUT2D eigenvalue weighted by Crippen LogP contribution is 2.40. The van der Waals surface area contributed by atoms with E-state index >= 15 is 0 Å². The van der Waals surface area contributed by atoms with Gasteiger partial charge in [-0.1, -0.05) is 6.07 Å². The van der Waals surface area contributed by atoms with Gasteiger partial charge in [-0.15, -0.1) is 0 Å². The van der Waals surface area contributed by atoms with E-state index in [-0.39, 0.29) is 11.9 Å². The van der Waals surface area contributed by atoms with Crippen LogP contribution in [0.4, 0.5) is 5.69 Å². The van der Waals surface area contributed by atoms with Crippen LogP contribution in [0.3, 0.4) is 0 Å². The summed E-state index contributed by atoms with van der Waals surface area (Å²) < 4.78 is 12.9. The minimum Gasteiger partial charge on any atom is -0.446 e. The lowest BCUT2D eigenvalue weighted by Crippen LogP contribution is -2.36. The average Bonchev–Trinajstić information content (AvgIpc) is 3.46. The molecule has 0 N–H and O–H groups in total. The van der Waals surface area contributed by atoms with E-state index < -0.39 is 0 Å². The molecule has 4 heterocycles. The van der Waals surface area contributed by atoms with E-state index in [0.29, 0.717) is 18.0 Å². The van der Waals surface area contributed by atoms with Gasteiger partial charge in [0, 0.05) is 38.6 Å². The lowest BCUT2D eigenvalue weighted by molar-refractivity contribution is 0.0693. The van der Waals surface area contributed by atoms with Crippen LogP contribution in [0, 0.1) is 0 Å². The number of carbonyl (C=O) groups excluding carboxylic acids is 1. The quantitative estimate of drug-likeness (QED) is 0.701. The van der Waals surface area contributed by atoms with E-state index in [1.165, 1.54) is 12.1 Å². The lowest BCUT2D eigenvalue weighted by atomic mass is 10.0. The Hall–Kier alpha value is -3.06. The maximum atomic E-state index is 13.3. The first kappa shape index (κ1) is 17.1. The molecule has 5 rings (SSSR count). The summed E-state index contributed by atoms with van der Waals surface area (Å²) in [5, 5.41) is 0. The average molecular weight is 378 g/mol. The predicted octanol–water partition coefficient (Wildman–Crippen LogP) is 2.60. The van der Waals surface area contributed by atoms with Gasteiger partial charge in [0.2, 0.25) is 0 Å². The molecular weight excluding hydrogens is 356 g/mol. The van der Waals surface area contributed by atoms with Gasteiger partial charge < -0.3 is 23.5 Å². The molecule has 0 bridgehead atoms. The molecule has 7 nitrogen and oxygen atoms in total. The predicted molar refractivity (Wildman–Crippen MR) is 103 cm³/mol. The van der Waals surface area contributed by atoms with Crippen LogP contribution in [0.5, 0.6) is 0 Å². The zero-order valence-electron chi connectivity index (χ0n) is 15.7. The number of rotatable bonds is 3. The smallest absolute Gasteiger partial charge is 0.271 e. The van der Waals surface area contributed by atoms with Crippen molar-refractivity contribution in [1.29, 1.82) is 0 Å². The molecule has 1 aromatic carbocycles. The van der Waals surface area contributed by atoms with Crippen molar-refractivity contribution >= 4 is 11.6 Å². The number of nitrogens with zero attached hydrogens (tertiary/aromatic N) is 4. The minimum atomic E-state index is -0.265. The van der Waals surface area contributed by atoms with Crippen molar-refractivity contribution in [3.8, 4) is 0 Å². The van der Waals surface area contributed by atoms with Gasteiger partial charge in [-0.25, -0.2) is 4.98 Å². The first-order valence-corrected chi connectivity index (χ1v) is 9.48. The SMILES string of the molecule is Cn1cccc1C(=O)N1Cc2cc(N3CCOCC3)ccc2[C@@H]1c1cnco1. The van der Waals surface area contributed by atoms with E-state index in [4.69, 9.17) is 9.15 Å². The van der Waals surface area contributed by atoms with Crippen LogP contribution in [0.1, 0.15) is 33.4 Å². The maximum absolute atomic E-state index is 13.3. The first-order valence-electron chi connectivity index (χ1n) is 9.48. The van der Waals surface area contributed by atoms with Gasteiger partial charge in [-0.2, -0.15) is 0 Å². The fourth-order valence-corrected chi connectivity index (χ4v) is 4.14. The molecule has 1 atom stereocenters. The van der Waals surface area contributed by atoms with E-state index in [1.54, 1.807) is 6.20 Å². The molecule has 144 valence electrons. The summed E-state index contributed by atoms with van der Waals surface area (Å²) >= 11 is 0. The molecule has 1 fully saturated rings. The van der Waals surface area contributed by atoms with Crippen molar-refractivity contribution in [2.24, 2.45) is 7.05 Å². The van der Waals surface area contributed by atoms with Crippen LogP contribution >= 0.6 is 0 Å². The van der Waals surface area contributed by atoms with E-state index in [2.05, 4.69) is 28.1 Å². The second-order valence-corrected chi connectivity index (χ2v) is 7.23. The summed E-state index contributed by atoms with van der Waals surface area (Å²) in [6.07, 6.45) is 5.00. The van der Waals surface area contributed by atoms with Crippen LogP contribution in [0.2, 0.25) is 0 Å². The second-order valence-electron chi connectivity index (χ2n) is 7.23. The molecule has 7 heteroatoms. The van der Waals surface area contributed by atoms with Crippen molar-refractivity contribution in [3.05, 3.63) is 71.7 Å². The van der Waals surface area contributed by atoms with Crippen molar-refractivity contribution in [2.75, 3.05) is 31.2 Å². The molecule has 0 radical (unpaired) electrons. The Kier molecular flexibility index (Phi) is 4.16. The molecule has 0 spiro atoms. The van der Waals surface area contributed by atoms with Gasteiger partial charge in [0.1, 0.15) is 11.7 Å². The molecule has 1 saturated heterocycles. The van der Waals surface area contributed by atoms with Crippen LogP contribution in [-0.2, 0) is 18.3 Å². The molecule has 1 amide bonds. The van der Waals surface area contributed by atoms with Crippen molar-refractivity contribution in [3.63, 3.8) is 0 Å². The third-order valence-electron chi connectivity index (χ3n) is 5.59. The van der Waals surface area contributed by atoms with Gasteiger partial charge in [-0.3, -0.25) is 4.79 Å². The number of benzene rings is 1. The standard InChI is InChI=1S/C21H22N4O3/c1-23-6-2-3-18(23)21(26)25-13-15-11-16(24-7-9-27-10-8-24)4-5-17(15)20(25)19-12-22-14-28-19/h2-6,11-12,14,20H,7-10,13H2,1H3/t20-/m1/s1. The highest BCUT2D eigenvalue weighted by atomic mass is 16.5. The normalized spacial score (nSPS) is 19.1. The molecule has 2 aliphatic heterocycles. The van der Waals surface area contributed by atoms with Crippen LogP contribution in [-0.4, -0.2) is 46.7 Å². The van der Waals surface area contributed by atoms with Crippen molar-refractivity contribution in [2.45, 2.75) is 12.6 Å². The summed E-state index contributed by atoms with van der Waals surface area (Å²) in [6.45, 7) is 3.81. The molecule has 0 saturated carbocycles. The Morgan fingerprint density at radius 3 is 2.79 bits per heavy atom. The molecule has 0 aliphatic carbocycles. The highest BCUT2D eigenvalue weighted by Gasteiger charge is 2.38. The monoisotopic (exact) mass is 378 g/mol. The number of oxazole rings is 1. The molecule has 0 unspecified atom stereocenters. The van der Waals surface area contributed by atoms with Crippen LogP contribution < -0.4 is 4.90 Å². The van der Waals surface area contributed by atoms with Gasteiger partial charge in [0.15, 0.2) is 12.2 Å². The Bertz CT molecular complexity index is 989. The summed E-state index contributed by atoms with van der Waals surface area (Å²) in [5.41, 5.74) is 4.07. The summed E-state index contributed by atoms with van der Waals surface area (Å²) in [5.74, 6) is 0.665. The zero-order valence-corrected chi connectivity index (χ0v) is 15.7. The maximum Gasteiger partial charge on any atom is 0.271 e. The number of morpholine rings is 1. The van der Waals surface area contributed by atoms with Crippen molar-refractivity contribution in [1.82, 2.24) is 14.5 Å². The van der Waals surface area contributed by atoms with Crippen LogP contribution in [0.25, 0.3) is 0 Å². The number of aryl methyl sites for hydroxylation is 1. The zero-order chi connectivity index (χ0) is 19.1. The molecule has 2 aromatic heterocycles. The van der Waals surface area contributed by atoms with E-state index in [9.17, 15) is 4.79 Å². The van der Waals surface area contributed by atoms with E-state index in [1.807, 2.05) is 34.8 Å². The topological polar surface area (TPSA) is 63.7 Å². The Balaban J connectivity index is 1.53.